The van der Waals surface area contributed by atoms with Gasteiger partial charge in [-0.1, -0.05) is 0 Å². The number of carboxylic acid groups (broad SMARTS) is 2. The zero-order valence-electron chi connectivity index (χ0n) is 19.6. The molecule has 0 radical (unpaired) electrons. The van der Waals surface area contributed by atoms with Crippen LogP contribution >= 0.6 is 11.8 Å². The Bertz CT molecular complexity index is 927. The Kier molecular flexibility index (Phi) is 13.0. The second kappa shape index (κ2) is 15.4. The van der Waals surface area contributed by atoms with E-state index >= 15 is 0 Å². The zero-order valence-corrected chi connectivity index (χ0v) is 20.4. The van der Waals surface area contributed by atoms with Gasteiger partial charge in [-0.25, -0.2) is 9.78 Å². The summed E-state index contributed by atoms with van der Waals surface area (Å²) in [6.45, 7) is 0. The SMILES string of the molecule is CSCCC(NC(=O)C(Cc1cnc[nH]1)NC(=O)C(CCC(N)=O)NC(=O)C(N)CC(=O)O)C(=O)O. The van der Waals surface area contributed by atoms with Gasteiger partial charge in [-0.05, 0) is 24.9 Å². The average Bonchev–Trinajstić information content (AvgIpc) is 3.30. The molecule has 0 saturated heterocycles. The minimum atomic E-state index is -1.47. The van der Waals surface area contributed by atoms with E-state index in [2.05, 4.69) is 25.9 Å². The summed E-state index contributed by atoms with van der Waals surface area (Å²) in [7, 11) is 0. The highest BCUT2D eigenvalue weighted by molar-refractivity contribution is 7.98. The Morgan fingerprint density at radius 2 is 1.61 bits per heavy atom. The van der Waals surface area contributed by atoms with Crippen LogP contribution in [0.4, 0.5) is 0 Å². The first-order valence-electron chi connectivity index (χ1n) is 10.8. The van der Waals surface area contributed by atoms with Crippen molar-refractivity contribution >= 4 is 47.3 Å². The molecule has 1 heterocycles. The number of carbonyl (C=O) groups is 6. The topological polar surface area (TPSA) is 260 Å². The third-order valence-electron chi connectivity index (χ3n) is 4.88. The first-order valence-corrected chi connectivity index (χ1v) is 12.2. The van der Waals surface area contributed by atoms with Crippen LogP contribution in [-0.2, 0) is 35.2 Å². The van der Waals surface area contributed by atoms with Gasteiger partial charge >= 0.3 is 11.9 Å². The van der Waals surface area contributed by atoms with Crippen LogP contribution in [0, 0.1) is 0 Å². The molecule has 15 nitrogen and oxygen atoms in total. The van der Waals surface area contributed by atoms with Crippen LogP contribution in [0.3, 0.4) is 0 Å². The summed E-state index contributed by atoms with van der Waals surface area (Å²) in [5, 5.41) is 25.4. The molecule has 10 N–H and O–H groups in total. The molecule has 0 aliphatic heterocycles. The minimum Gasteiger partial charge on any atom is -0.481 e. The maximum Gasteiger partial charge on any atom is 0.326 e. The third kappa shape index (κ3) is 11.2. The van der Waals surface area contributed by atoms with Gasteiger partial charge in [0.15, 0.2) is 0 Å². The number of carbonyl (C=O) groups excluding carboxylic acids is 4. The van der Waals surface area contributed by atoms with Crippen LogP contribution < -0.4 is 27.4 Å². The van der Waals surface area contributed by atoms with E-state index < -0.39 is 66.2 Å². The Balaban J connectivity index is 3.07. The second-order valence-electron chi connectivity index (χ2n) is 7.79. The highest BCUT2D eigenvalue weighted by Crippen LogP contribution is 2.06. The molecule has 0 bridgehead atoms. The van der Waals surface area contributed by atoms with Crippen LogP contribution in [-0.4, -0.2) is 91.9 Å². The van der Waals surface area contributed by atoms with E-state index in [0.29, 0.717) is 11.4 Å². The molecule has 0 saturated carbocycles. The quantitative estimate of drug-likeness (QED) is 0.103. The normalized spacial score (nSPS) is 14.1. The summed E-state index contributed by atoms with van der Waals surface area (Å²) in [5.74, 6) is -5.52. The molecule has 4 unspecified atom stereocenters. The molecule has 4 amide bonds. The Hall–Kier alpha value is -3.66. The number of aliphatic carboxylic acids is 2. The monoisotopic (exact) mass is 529 g/mol. The van der Waals surface area contributed by atoms with E-state index in [9.17, 15) is 33.9 Å². The molecule has 1 rings (SSSR count). The van der Waals surface area contributed by atoms with Crippen LogP contribution in [0.25, 0.3) is 0 Å². The number of primary amides is 1. The predicted octanol–water partition coefficient (Wildman–Crippen LogP) is -2.69. The number of imidazole rings is 1. The number of aromatic nitrogens is 2. The van der Waals surface area contributed by atoms with Crippen molar-refractivity contribution in [2.75, 3.05) is 12.0 Å². The van der Waals surface area contributed by atoms with Gasteiger partial charge in [0.1, 0.15) is 18.1 Å². The summed E-state index contributed by atoms with van der Waals surface area (Å²) in [6, 6.07) is -5.34. The zero-order chi connectivity index (χ0) is 27.3. The molecule has 16 heteroatoms. The number of rotatable bonds is 17. The number of hydrogen-bond donors (Lipinski definition) is 8. The van der Waals surface area contributed by atoms with Gasteiger partial charge in [0, 0.05) is 24.7 Å². The first kappa shape index (κ1) is 30.4. The van der Waals surface area contributed by atoms with Crippen molar-refractivity contribution in [3.8, 4) is 0 Å². The number of nitrogens with two attached hydrogens (primary N) is 2. The summed E-state index contributed by atoms with van der Waals surface area (Å²) < 4.78 is 0. The summed E-state index contributed by atoms with van der Waals surface area (Å²) >= 11 is 1.40. The van der Waals surface area contributed by atoms with Crippen LogP contribution in [0.5, 0.6) is 0 Å². The van der Waals surface area contributed by atoms with Crippen molar-refractivity contribution in [1.82, 2.24) is 25.9 Å². The Labute approximate surface area is 210 Å². The third-order valence-corrected chi connectivity index (χ3v) is 5.52. The van der Waals surface area contributed by atoms with E-state index in [1.54, 1.807) is 6.26 Å². The maximum atomic E-state index is 13.0. The molecule has 36 heavy (non-hydrogen) atoms. The van der Waals surface area contributed by atoms with E-state index in [1.165, 1.54) is 24.3 Å². The molecule has 0 aliphatic rings. The molecule has 0 aliphatic carbocycles. The maximum absolute atomic E-state index is 13.0. The van der Waals surface area contributed by atoms with Crippen molar-refractivity contribution < 1.29 is 39.0 Å². The molecule has 0 fully saturated rings. The van der Waals surface area contributed by atoms with Gasteiger partial charge in [0.05, 0.1) is 18.8 Å². The largest absolute Gasteiger partial charge is 0.481 e. The van der Waals surface area contributed by atoms with E-state index in [0.717, 1.165) is 0 Å². The molecular weight excluding hydrogens is 498 g/mol. The fraction of sp³-hybridized carbons (Fsp3) is 0.550. The Morgan fingerprint density at radius 1 is 1.00 bits per heavy atom. The second-order valence-corrected chi connectivity index (χ2v) is 8.78. The summed E-state index contributed by atoms with van der Waals surface area (Å²) in [5.41, 5.74) is 11.1. The predicted molar refractivity (Wildman–Crippen MR) is 127 cm³/mol. The number of hydrogen-bond acceptors (Lipinski definition) is 9. The molecule has 0 aromatic carbocycles. The average molecular weight is 530 g/mol. The highest BCUT2D eigenvalue weighted by Gasteiger charge is 2.31. The van der Waals surface area contributed by atoms with Crippen LogP contribution in [0.1, 0.15) is 31.4 Å². The molecule has 1 aromatic heterocycles. The van der Waals surface area contributed by atoms with Gasteiger partial charge in [-0.3, -0.25) is 24.0 Å². The lowest BCUT2D eigenvalue weighted by Crippen LogP contribution is -2.58. The fourth-order valence-electron chi connectivity index (χ4n) is 2.98. The van der Waals surface area contributed by atoms with Crippen LogP contribution in [0.15, 0.2) is 12.5 Å². The van der Waals surface area contributed by atoms with Crippen molar-refractivity contribution in [3.63, 3.8) is 0 Å². The highest BCUT2D eigenvalue weighted by atomic mass is 32.2. The van der Waals surface area contributed by atoms with Gasteiger partial charge in [0.2, 0.25) is 23.6 Å². The molecule has 0 spiro atoms. The van der Waals surface area contributed by atoms with E-state index in [1.807, 2.05) is 0 Å². The van der Waals surface area contributed by atoms with Crippen molar-refractivity contribution in [1.29, 1.82) is 0 Å². The van der Waals surface area contributed by atoms with Gasteiger partial charge < -0.3 is 42.6 Å². The van der Waals surface area contributed by atoms with Crippen molar-refractivity contribution in [3.05, 3.63) is 18.2 Å². The fourth-order valence-corrected chi connectivity index (χ4v) is 3.45. The molecular formula is C20H31N7O8S. The summed E-state index contributed by atoms with van der Waals surface area (Å²) in [4.78, 5) is 78.5. The lowest BCUT2D eigenvalue weighted by atomic mass is 10.1. The molecule has 1 aromatic rings. The summed E-state index contributed by atoms with van der Waals surface area (Å²) in [6.07, 6.45) is 3.33. The molecule has 4 atom stereocenters. The number of carboxylic acids is 2. The number of thioether (sulfide) groups is 1. The van der Waals surface area contributed by atoms with Gasteiger partial charge in [-0.15, -0.1) is 0 Å². The number of amides is 4. The Morgan fingerprint density at radius 3 is 2.14 bits per heavy atom. The number of aromatic amines is 1. The van der Waals surface area contributed by atoms with Gasteiger partial charge in [-0.2, -0.15) is 11.8 Å². The number of nitrogens with zero attached hydrogens (tertiary/aromatic N) is 1. The lowest BCUT2D eigenvalue weighted by molar-refractivity contribution is -0.142. The van der Waals surface area contributed by atoms with Gasteiger partial charge in [0.25, 0.3) is 0 Å². The van der Waals surface area contributed by atoms with Crippen LogP contribution in [0.2, 0.25) is 0 Å². The molecule has 200 valence electrons. The van der Waals surface area contributed by atoms with Crippen molar-refractivity contribution in [2.24, 2.45) is 11.5 Å². The van der Waals surface area contributed by atoms with Crippen molar-refractivity contribution in [2.45, 2.75) is 56.3 Å². The smallest absolute Gasteiger partial charge is 0.326 e. The number of nitrogens with one attached hydrogen (secondary N) is 4. The lowest BCUT2D eigenvalue weighted by Gasteiger charge is -2.25. The number of H-pyrrole nitrogens is 1. The minimum absolute atomic E-state index is 0.0958. The standard InChI is InChI=1S/C20H31N7O8S/c1-36-5-4-13(20(34)35)26-19(33)14(6-10-8-23-9-24-10)27-18(32)12(2-3-15(22)28)25-17(31)11(21)7-16(29)30/h8-9,11-14H,2-7,21H2,1H3,(H2,22,28)(H,23,24)(H,25,31)(H,26,33)(H,27,32)(H,29,30)(H,34,35). The van der Waals surface area contributed by atoms with E-state index in [-0.39, 0.29) is 25.7 Å². The van der Waals surface area contributed by atoms with E-state index in [4.69, 9.17) is 16.6 Å². The first-order chi connectivity index (χ1) is 16.9.